The molecule has 1 N–H and O–H groups in total. The molecule has 0 saturated carbocycles. The van der Waals surface area contributed by atoms with Gasteiger partial charge in [-0.2, -0.15) is 0 Å². The van der Waals surface area contributed by atoms with Gasteiger partial charge in [0.2, 0.25) is 0 Å². The number of nitrogens with zero attached hydrogens (tertiary/aromatic N) is 2. The van der Waals surface area contributed by atoms with E-state index in [2.05, 4.69) is 33.5 Å². The van der Waals surface area contributed by atoms with E-state index in [9.17, 15) is 0 Å². The minimum Gasteiger partial charge on any atom is -0.379 e. The second-order valence-electron chi connectivity index (χ2n) is 4.39. The van der Waals surface area contributed by atoms with E-state index < -0.39 is 0 Å². The van der Waals surface area contributed by atoms with Gasteiger partial charge >= 0.3 is 0 Å². The van der Waals surface area contributed by atoms with E-state index in [0.29, 0.717) is 0 Å². The van der Waals surface area contributed by atoms with Crippen LogP contribution in [0.4, 0.5) is 5.69 Å². The van der Waals surface area contributed by atoms with Gasteiger partial charge in [0, 0.05) is 18.1 Å². The molecule has 0 saturated heterocycles. The minimum atomic E-state index is 0.729. The zero-order valence-electron chi connectivity index (χ0n) is 9.69. The van der Waals surface area contributed by atoms with Gasteiger partial charge < -0.3 is 5.32 Å². The summed E-state index contributed by atoms with van der Waals surface area (Å²) in [5, 5.41) is 3.39. The lowest BCUT2D eigenvalue weighted by atomic mass is 10.1. The summed E-state index contributed by atoms with van der Waals surface area (Å²) in [6.07, 6.45) is 8.96. The molecule has 1 aliphatic carbocycles. The van der Waals surface area contributed by atoms with Gasteiger partial charge in [0.25, 0.3) is 0 Å². The molecule has 0 amide bonds. The predicted octanol–water partition coefficient (Wildman–Crippen LogP) is 2.58. The Balaban J connectivity index is 1.70. The van der Waals surface area contributed by atoms with Crippen molar-refractivity contribution in [3.8, 4) is 0 Å². The molecule has 86 valence electrons. The zero-order chi connectivity index (χ0) is 11.5. The van der Waals surface area contributed by atoms with E-state index in [4.69, 9.17) is 0 Å². The van der Waals surface area contributed by atoms with Crippen LogP contribution in [0.2, 0.25) is 0 Å². The number of aryl methyl sites for hydroxylation is 2. The lowest BCUT2D eigenvalue weighted by Crippen LogP contribution is -2.02. The predicted molar refractivity (Wildman–Crippen MR) is 67.8 cm³/mol. The summed E-state index contributed by atoms with van der Waals surface area (Å²) >= 11 is 0. The molecule has 0 spiro atoms. The monoisotopic (exact) mass is 225 g/mol. The minimum absolute atomic E-state index is 0.729. The van der Waals surface area contributed by atoms with Gasteiger partial charge in [-0.25, -0.2) is 0 Å². The molecule has 0 unspecified atom stereocenters. The van der Waals surface area contributed by atoms with Gasteiger partial charge in [0.05, 0.1) is 18.4 Å². The van der Waals surface area contributed by atoms with Crippen molar-refractivity contribution < 1.29 is 0 Å². The van der Waals surface area contributed by atoms with Crippen LogP contribution in [0.3, 0.4) is 0 Å². The van der Waals surface area contributed by atoms with Crippen LogP contribution in [-0.2, 0) is 19.4 Å². The van der Waals surface area contributed by atoms with Crippen LogP contribution in [0.1, 0.15) is 23.2 Å². The van der Waals surface area contributed by atoms with Crippen LogP contribution in [0.15, 0.2) is 36.8 Å². The van der Waals surface area contributed by atoms with Crippen molar-refractivity contribution in [1.82, 2.24) is 9.97 Å². The maximum absolute atomic E-state index is 4.24. The molecule has 17 heavy (non-hydrogen) atoms. The Morgan fingerprint density at radius 1 is 1.12 bits per heavy atom. The summed E-state index contributed by atoms with van der Waals surface area (Å²) < 4.78 is 0. The average Bonchev–Trinajstić information content (AvgIpc) is 2.85. The number of rotatable bonds is 3. The number of fused-ring (bicyclic) bond motifs is 1. The molecule has 3 rings (SSSR count). The van der Waals surface area contributed by atoms with Crippen LogP contribution < -0.4 is 5.32 Å². The summed E-state index contributed by atoms with van der Waals surface area (Å²) in [5.41, 5.74) is 5.15. The lowest BCUT2D eigenvalue weighted by molar-refractivity contribution is 0.911. The van der Waals surface area contributed by atoms with Crippen molar-refractivity contribution in [2.75, 3.05) is 5.32 Å². The Labute approximate surface area is 101 Å². The molecule has 1 aromatic carbocycles. The first-order valence-electron chi connectivity index (χ1n) is 6.02. The molecule has 1 aromatic heterocycles. The second kappa shape index (κ2) is 4.53. The van der Waals surface area contributed by atoms with Crippen molar-refractivity contribution in [3.05, 3.63) is 53.6 Å². The molecule has 0 fully saturated rings. The van der Waals surface area contributed by atoms with Crippen molar-refractivity contribution in [2.45, 2.75) is 25.8 Å². The van der Waals surface area contributed by atoms with Gasteiger partial charge in [0.1, 0.15) is 0 Å². The van der Waals surface area contributed by atoms with Gasteiger partial charge in [0.15, 0.2) is 0 Å². The zero-order valence-corrected chi connectivity index (χ0v) is 9.69. The first-order valence-corrected chi connectivity index (χ1v) is 6.02. The van der Waals surface area contributed by atoms with Gasteiger partial charge in [-0.1, -0.05) is 6.07 Å². The largest absolute Gasteiger partial charge is 0.379 e. The van der Waals surface area contributed by atoms with Gasteiger partial charge in [-0.15, -0.1) is 0 Å². The van der Waals surface area contributed by atoms with Crippen LogP contribution in [0, 0.1) is 0 Å². The maximum Gasteiger partial charge on any atom is 0.0777 e. The van der Waals surface area contributed by atoms with Crippen LogP contribution in [0.5, 0.6) is 0 Å². The highest BCUT2D eigenvalue weighted by Crippen LogP contribution is 2.24. The van der Waals surface area contributed by atoms with Crippen LogP contribution in [0.25, 0.3) is 0 Å². The normalized spacial score (nSPS) is 13.4. The first kappa shape index (κ1) is 10.3. The molecular formula is C14H15N3. The first-order chi connectivity index (χ1) is 8.42. The Morgan fingerprint density at radius 3 is 2.94 bits per heavy atom. The number of hydrogen-bond donors (Lipinski definition) is 1. The molecule has 3 heteroatoms. The Hall–Kier alpha value is -1.90. The highest BCUT2D eigenvalue weighted by molar-refractivity contribution is 5.50. The fourth-order valence-electron chi connectivity index (χ4n) is 2.30. The van der Waals surface area contributed by atoms with E-state index in [1.807, 2.05) is 0 Å². The molecule has 0 atom stereocenters. The molecular weight excluding hydrogens is 210 g/mol. The highest BCUT2D eigenvalue weighted by Gasteiger charge is 2.10. The van der Waals surface area contributed by atoms with Crippen molar-refractivity contribution in [2.24, 2.45) is 0 Å². The quantitative estimate of drug-likeness (QED) is 0.872. The Bertz CT molecular complexity index is 508. The molecule has 1 aliphatic rings. The van der Waals surface area contributed by atoms with Gasteiger partial charge in [-0.3, -0.25) is 9.97 Å². The number of anilines is 1. The standard InChI is InChI=1S/C14H15N3/c1-2-11-4-5-13(8-12(11)3-1)17-10-14-9-15-6-7-16-14/h4-9,17H,1-3,10H2. The fourth-order valence-corrected chi connectivity index (χ4v) is 2.30. The molecule has 1 heterocycles. The summed E-state index contributed by atoms with van der Waals surface area (Å²) in [7, 11) is 0. The number of hydrogen-bond acceptors (Lipinski definition) is 3. The topological polar surface area (TPSA) is 37.8 Å². The number of nitrogens with one attached hydrogen (secondary N) is 1. The SMILES string of the molecule is c1cnc(CNc2ccc3c(c2)CCC3)cn1. The molecule has 0 bridgehead atoms. The fraction of sp³-hybridized carbons (Fsp3) is 0.286. The van der Waals surface area contributed by atoms with E-state index in [1.54, 1.807) is 18.6 Å². The van der Waals surface area contributed by atoms with Crippen LogP contribution in [-0.4, -0.2) is 9.97 Å². The summed E-state index contributed by atoms with van der Waals surface area (Å²) in [6.45, 7) is 0.729. The van der Waals surface area contributed by atoms with E-state index >= 15 is 0 Å². The van der Waals surface area contributed by atoms with E-state index in [-0.39, 0.29) is 0 Å². The highest BCUT2D eigenvalue weighted by atomic mass is 14.9. The molecule has 0 aliphatic heterocycles. The summed E-state index contributed by atoms with van der Waals surface area (Å²) in [5.74, 6) is 0. The van der Waals surface area contributed by atoms with E-state index in [1.165, 1.54) is 36.1 Å². The third kappa shape index (κ3) is 2.28. The van der Waals surface area contributed by atoms with Crippen molar-refractivity contribution >= 4 is 5.69 Å². The van der Waals surface area contributed by atoms with Crippen molar-refractivity contribution in [1.29, 1.82) is 0 Å². The Kier molecular flexibility index (Phi) is 2.74. The van der Waals surface area contributed by atoms with Gasteiger partial charge in [-0.05, 0) is 42.5 Å². The smallest absolute Gasteiger partial charge is 0.0777 e. The molecule has 0 radical (unpaired) electrons. The average molecular weight is 225 g/mol. The summed E-state index contributed by atoms with van der Waals surface area (Å²) in [4.78, 5) is 8.29. The summed E-state index contributed by atoms with van der Waals surface area (Å²) in [6, 6.07) is 6.65. The maximum atomic E-state index is 4.24. The molecule has 2 aromatic rings. The molecule has 3 nitrogen and oxygen atoms in total. The number of benzene rings is 1. The lowest BCUT2D eigenvalue weighted by Gasteiger charge is -2.07. The van der Waals surface area contributed by atoms with Crippen molar-refractivity contribution in [3.63, 3.8) is 0 Å². The third-order valence-corrected chi connectivity index (χ3v) is 3.19. The second-order valence-corrected chi connectivity index (χ2v) is 4.39. The van der Waals surface area contributed by atoms with Crippen LogP contribution >= 0.6 is 0 Å². The number of aromatic nitrogens is 2. The Morgan fingerprint density at radius 2 is 2.06 bits per heavy atom. The third-order valence-electron chi connectivity index (χ3n) is 3.19. The van der Waals surface area contributed by atoms with E-state index in [0.717, 1.165) is 12.2 Å².